The molecule has 0 saturated carbocycles. The van der Waals surface area contributed by atoms with Crippen LogP contribution in [0.25, 0.3) is 10.9 Å². The van der Waals surface area contributed by atoms with Crippen LogP contribution in [0.5, 0.6) is 0 Å². The summed E-state index contributed by atoms with van der Waals surface area (Å²) in [6.07, 6.45) is 2.56. The van der Waals surface area contributed by atoms with Crippen LogP contribution in [0.1, 0.15) is 25.3 Å². The fourth-order valence-corrected chi connectivity index (χ4v) is 2.49. The highest BCUT2D eigenvalue weighted by Crippen LogP contribution is 2.28. The number of fused-ring (bicyclic) bond motifs is 1. The molecule has 1 aromatic heterocycles. The van der Waals surface area contributed by atoms with E-state index >= 15 is 0 Å². The quantitative estimate of drug-likeness (QED) is 0.819. The molecule has 1 aromatic carbocycles. The molecule has 0 amide bonds. The highest BCUT2D eigenvalue weighted by Gasteiger charge is 2.37. The summed E-state index contributed by atoms with van der Waals surface area (Å²) in [7, 11) is 1.60. The van der Waals surface area contributed by atoms with E-state index < -0.39 is 12.0 Å². The van der Waals surface area contributed by atoms with Gasteiger partial charge in [0.05, 0.1) is 6.04 Å². The van der Waals surface area contributed by atoms with E-state index in [1.807, 2.05) is 30.5 Å². The molecule has 0 radical (unpaired) electrons. The minimum atomic E-state index is -2.68. The first-order valence-electron chi connectivity index (χ1n) is 6.68. The monoisotopic (exact) mass is 266 g/mol. The van der Waals surface area contributed by atoms with Crippen molar-refractivity contribution in [3.63, 3.8) is 0 Å². The summed E-state index contributed by atoms with van der Waals surface area (Å²) in [6.45, 7) is 1.78. The molecule has 0 aliphatic carbocycles. The lowest BCUT2D eigenvalue weighted by molar-refractivity contribution is -0.0429. The second-order valence-electron chi connectivity index (χ2n) is 4.92. The fourth-order valence-electron chi connectivity index (χ4n) is 2.49. The van der Waals surface area contributed by atoms with Gasteiger partial charge >= 0.3 is 0 Å². The zero-order valence-corrected chi connectivity index (χ0v) is 11.3. The van der Waals surface area contributed by atoms with Crippen LogP contribution < -0.4 is 5.32 Å². The number of hydrogen-bond donors (Lipinski definition) is 2. The number of benzene rings is 1. The number of halogens is 2. The molecule has 2 nitrogen and oxygen atoms in total. The van der Waals surface area contributed by atoms with Crippen molar-refractivity contribution in [3.05, 3.63) is 36.0 Å². The molecule has 0 saturated heterocycles. The van der Waals surface area contributed by atoms with E-state index in [0.29, 0.717) is 12.8 Å². The summed E-state index contributed by atoms with van der Waals surface area (Å²) in [6, 6.07) is 6.96. The van der Waals surface area contributed by atoms with Crippen molar-refractivity contribution < 1.29 is 8.78 Å². The molecule has 1 heterocycles. The Balaban J connectivity index is 2.23. The zero-order chi connectivity index (χ0) is 13.9. The third kappa shape index (κ3) is 2.95. The first-order chi connectivity index (χ1) is 9.08. The highest BCUT2D eigenvalue weighted by atomic mass is 19.3. The van der Waals surface area contributed by atoms with Gasteiger partial charge in [0.2, 0.25) is 0 Å². The third-order valence-corrected chi connectivity index (χ3v) is 3.54. The number of hydrogen-bond acceptors (Lipinski definition) is 1. The van der Waals surface area contributed by atoms with Gasteiger partial charge in [-0.15, -0.1) is 0 Å². The number of likely N-dealkylation sites (N-methyl/N-ethyl adjacent to an activating group) is 1. The van der Waals surface area contributed by atoms with Crippen LogP contribution in [-0.2, 0) is 6.42 Å². The van der Waals surface area contributed by atoms with Crippen molar-refractivity contribution >= 4 is 10.9 Å². The van der Waals surface area contributed by atoms with Gasteiger partial charge in [0.15, 0.2) is 0 Å². The van der Waals surface area contributed by atoms with Gasteiger partial charge in [0, 0.05) is 23.5 Å². The second kappa shape index (κ2) is 5.70. The summed E-state index contributed by atoms with van der Waals surface area (Å²) < 4.78 is 28.0. The summed E-state index contributed by atoms with van der Waals surface area (Å²) in [5, 5.41) is 3.79. The highest BCUT2D eigenvalue weighted by molar-refractivity contribution is 5.83. The van der Waals surface area contributed by atoms with Crippen LogP contribution in [-0.4, -0.2) is 24.0 Å². The minimum absolute atomic E-state index is 0.0825. The molecule has 1 unspecified atom stereocenters. The minimum Gasteiger partial charge on any atom is -0.361 e. The largest absolute Gasteiger partial charge is 0.361 e. The number of rotatable bonds is 6. The molecule has 0 aliphatic heterocycles. The Morgan fingerprint density at radius 3 is 2.74 bits per heavy atom. The lowest BCUT2D eigenvalue weighted by Gasteiger charge is -2.26. The van der Waals surface area contributed by atoms with E-state index in [1.165, 1.54) is 0 Å². The molecule has 0 spiro atoms. The number of nitrogens with one attached hydrogen (secondary N) is 2. The van der Waals surface area contributed by atoms with Crippen LogP contribution in [0.4, 0.5) is 8.78 Å². The van der Waals surface area contributed by atoms with Crippen molar-refractivity contribution in [2.24, 2.45) is 0 Å². The van der Waals surface area contributed by atoms with Gasteiger partial charge < -0.3 is 10.3 Å². The van der Waals surface area contributed by atoms with Gasteiger partial charge in [-0.05, 0) is 25.1 Å². The number of H-pyrrole nitrogens is 1. The average molecular weight is 266 g/mol. The van der Waals surface area contributed by atoms with Crippen molar-refractivity contribution in [1.29, 1.82) is 0 Å². The summed E-state index contributed by atoms with van der Waals surface area (Å²) >= 11 is 0. The Bertz CT molecular complexity index is 534. The molecular formula is C15H20F2N2. The van der Waals surface area contributed by atoms with Crippen LogP contribution in [0.3, 0.4) is 0 Å². The molecule has 4 heteroatoms. The number of para-hydroxylation sites is 1. The Labute approximate surface area is 112 Å². The predicted octanol–water partition coefficient (Wildman–Crippen LogP) is 3.73. The van der Waals surface area contributed by atoms with Crippen LogP contribution in [0.2, 0.25) is 0 Å². The SMILES string of the molecule is CCCC(F)(F)C(Cc1c[nH]c2ccccc12)NC. The van der Waals surface area contributed by atoms with Gasteiger partial charge in [0.1, 0.15) is 0 Å². The third-order valence-electron chi connectivity index (χ3n) is 3.54. The van der Waals surface area contributed by atoms with E-state index in [9.17, 15) is 8.78 Å². The van der Waals surface area contributed by atoms with E-state index in [2.05, 4.69) is 10.3 Å². The smallest absolute Gasteiger partial charge is 0.263 e. The Kier molecular flexibility index (Phi) is 4.20. The van der Waals surface area contributed by atoms with Gasteiger partial charge in [-0.3, -0.25) is 0 Å². The van der Waals surface area contributed by atoms with E-state index in [-0.39, 0.29) is 6.42 Å². The lowest BCUT2D eigenvalue weighted by atomic mass is 9.97. The molecule has 0 aliphatic rings. The first kappa shape index (κ1) is 14.0. The molecule has 2 aromatic rings. The summed E-state index contributed by atoms with van der Waals surface area (Å²) in [5.41, 5.74) is 1.93. The maximum Gasteiger partial charge on any atom is 0.263 e. The summed E-state index contributed by atoms with van der Waals surface area (Å²) in [4.78, 5) is 3.13. The predicted molar refractivity (Wildman–Crippen MR) is 74.7 cm³/mol. The fraction of sp³-hybridized carbons (Fsp3) is 0.467. The molecule has 2 rings (SSSR count). The maximum absolute atomic E-state index is 14.0. The van der Waals surface area contributed by atoms with Gasteiger partial charge in [-0.2, -0.15) is 0 Å². The topological polar surface area (TPSA) is 27.8 Å². The lowest BCUT2D eigenvalue weighted by Crippen LogP contribution is -2.44. The normalized spacial score (nSPS) is 13.9. The van der Waals surface area contributed by atoms with Crippen LogP contribution >= 0.6 is 0 Å². The number of alkyl halides is 2. The maximum atomic E-state index is 14.0. The van der Waals surface area contributed by atoms with Crippen molar-refractivity contribution in [2.45, 2.75) is 38.2 Å². The van der Waals surface area contributed by atoms with Crippen LogP contribution in [0.15, 0.2) is 30.5 Å². The van der Waals surface area contributed by atoms with Gasteiger partial charge in [0.25, 0.3) is 5.92 Å². The Morgan fingerprint density at radius 2 is 2.05 bits per heavy atom. The number of aromatic nitrogens is 1. The molecule has 0 bridgehead atoms. The van der Waals surface area contributed by atoms with Gasteiger partial charge in [-0.25, -0.2) is 8.78 Å². The summed E-state index contributed by atoms with van der Waals surface area (Å²) in [5.74, 6) is -2.68. The zero-order valence-electron chi connectivity index (χ0n) is 11.3. The Morgan fingerprint density at radius 1 is 1.32 bits per heavy atom. The molecular weight excluding hydrogens is 246 g/mol. The number of aromatic amines is 1. The molecule has 104 valence electrons. The van der Waals surface area contributed by atoms with E-state index in [1.54, 1.807) is 14.0 Å². The molecule has 1 atom stereocenters. The molecule has 19 heavy (non-hydrogen) atoms. The van der Waals surface area contributed by atoms with Crippen LogP contribution in [0, 0.1) is 0 Å². The molecule has 2 N–H and O–H groups in total. The Hall–Kier alpha value is -1.42. The van der Waals surface area contributed by atoms with Crippen molar-refractivity contribution in [1.82, 2.24) is 10.3 Å². The molecule has 0 fully saturated rings. The van der Waals surface area contributed by atoms with E-state index in [4.69, 9.17) is 0 Å². The van der Waals surface area contributed by atoms with Gasteiger partial charge in [-0.1, -0.05) is 31.5 Å². The average Bonchev–Trinajstić information content (AvgIpc) is 2.79. The van der Waals surface area contributed by atoms with Crippen molar-refractivity contribution in [2.75, 3.05) is 7.05 Å². The first-order valence-corrected chi connectivity index (χ1v) is 6.68. The van der Waals surface area contributed by atoms with Crippen molar-refractivity contribution in [3.8, 4) is 0 Å². The second-order valence-corrected chi connectivity index (χ2v) is 4.92. The standard InChI is InChI=1S/C15H20F2N2/c1-3-8-15(16,17)14(18-2)9-11-10-19-13-7-5-4-6-12(11)13/h4-7,10,14,18-19H,3,8-9H2,1-2H3. The van der Waals surface area contributed by atoms with E-state index in [0.717, 1.165) is 16.5 Å².